The Morgan fingerprint density at radius 2 is 1.06 bits per heavy atom. The maximum absolute atomic E-state index is 13.6. The van der Waals surface area contributed by atoms with Gasteiger partial charge in [0.05, 0.1) is 33.7 Å². The minimum atomic E-state index is -2.44. The van der Waals surface area contributed by atoms with E-state index in [0.29, 0.717) is 6.61 Å². The molecule has 0 unspecified atom stereocenters. The minimum Gasteiger partial charge on any atom is -0.462 e. The quantitative estimate of drug-likeness (QED) is 0.0705. The van der Waals surface area contributed by atoms with Crippen molar-refractivity contribution in [2.75, 3.05) is 13.2 Å². The van der Waals surface area contributed by atoms with Crippen LogP contribution in [0.25, 0.3) is 0 Å². The van der Waals surface area contributed by atoms with E-state index in [2.05, 4.69) is 67.7 Å². The van der Waals surface area contributed by atoms with E-state index in [1.165, 1.54) is 48.5 Å². The van der Waals surface area contributed by atoms with Crippen LogP contribution in [0.15, 0.2) is 48.5 Å². The second-order valence-corrected chi connectivity index (χ2v) is 25.9. The second kappa shape index (κ2) is 16.7. The Hall–Kier alpha value is -3.47. The molecule has 0 aliphatic heterocycles. The highest BCUT2D eigenvalue weighted by Gasteiger charge is 2.45. The molecule has 0 aliphatic rings. The number of nitro groups is 2. The van der Waals surface area contributed by atoms with Gasteiger partial charge in [-0.2, -0.15) is 0 Å². The minimum absolute atomic E-state index is 0.0165. The summed E-state index contributed by atoms with van der Waals surface area (Å²) >= 11 is 0. The molecular formula is C36H56N2O10Si2. The van der Waals surface area contributed by atoms with E-state index in [4.69, 9.17) is 18.3 Å². The summed E-state index contributed by atoms with van der Waals surface area (Å²) in [5.74, 6) is -2.28. The van der Waals surface area contributed by atoms with Gasteiger partial charge in [-0.15, -0.1) is 0 Å². The van der Waals surface area contributed by atoms with Crippen LogP contribution in [-0.4, -0.2) is 63.8 Å². The van der Waals surface area contributed by atoms with Crippen molar-refractivity contribution < 1.29 is 37.8 Å². The van der Waals surface area contributed by atoms with Gasteiger partial charge < -0.3 is 18.3 Å². The Morgan fingerprint density at radius 3 is 1.46 bits per heavy atom. The molecule has 5 atom stereocenters. The fourth-order valence-electron chi connectivity index (χ4n) is 4.85. The number of rotatable bonds is 16. The van der Waals surface area contributed by atoms with Crippen molar-refractivity contribution >= 4 is 39.9 Å². The number of hydrogen-bond acceptors (Lipinski definition) is 10. The van der Waals surface area contributed by atoms with E-state index in [1.807, 2.05) is 20.8 Å². The number of nitro benzene ring substituents is 2. The van der Waals surface area contributed by atoms with Crippen molar-refractivity contribution in [2.24, 2.45) is 17.8 Å². The standard InChI is InChI=1S/C36H56N2O10Si2/c1-24(22-45-33(39)27-14-18-29(19-15-27)37(41)42)32(48-50(12,13)36(7,8)9)26(3)31(25(2)23-46-49(10,11)35(4,5)6)47-34(40)28-16-20-30(21-17-28)38(43)44/h14-21,24-26,31-32H,22-23H2,1-13H3/t24-,25-,26+,31-,32+/m0/s1. The highest BCUT2D eigenvalue weighted by Crippen LogP contribution is 2.41. The predicted octanol–water partition coefficient (Wildman–Crippen LogP) is 9.21. The lowest BCUT2D eigenvalue weighted by molar-refractivity contribution is -0.385. The summed E-state index contributed by atoms with van der Waals surface area (Å²) in [6.45, 7) is 27.6. The highest BCUT2D eigenvalue weighted by atomic mass is 28.4. The lowest BCUT2D eigenvalue weighted by Gasteiger charge is -2.45. The summed E-state index contributed by atoms with van der Waals surface area (Å²) < 4.78 is 25.6. The van der Waals surface area contributed by atoms with Crippen molar-refractivity contribution in [2.45, 2.75) is 111 Å². The molecule has 0 fully saturated rings. The molecule has 278 valence electrons. The molecule has 0 bridgehead atoms. The van der Waals surface area contributed by atoms with Crippen LogP contribution in [0.4, 0.5) is 11.4 Å². The fraction of sp³-hybridized carbons (Fsp3) is 0.611. The van der Waals surface area contributed by atoms with Gasteiger partial charge in [-0.25, -0.2) is 9.59 Å². The first-order valence-electron chi connectivity index (χ1n) is 17.0. The maximum atomic E-state index is 13.6. The molecule has 0 saturated carbocycles. The van der Waals surface area contributed by atoms with Gasteiger partial charge in [-0.3, -0.25) is 20.2 Å². The van der Waals surface area contributed by atoms with Crippen molar-refractivity contribution in [1.82, 2.24) is 0 Å². The number of ether oxygens (including phenoxy) is 2. The number of nitrogens with zero attached hydrogens (tertiary/aromatic N) is 2. The van der Waals surface area contributed by atoms with Crippen LogP contribution >= 0.6 is 0 Å². The Morgan fingerprint density at radius 1 is 0.660 bits per heavy atom. The van der Waals surface area contributed by atoms with E-state index < -0.39 is 56.5 Å². The van der Waals surface area contributed by atoms with Gasteiger partial charge in [-0.05, 0) is 60.5 Å². The molecular weight excluding hydrogens is 677 g/mol. The average Bonchev–Trinajstić information content (AvgIpc) is 3.02. The molecule has 0 spiro atoms. The van der Waals surface area contributed by atoms with E-state index in [0.717, 1.165) is 0 Å². The molecule has 0 aliphatic carbocycles. The molecule has 0 radical (unpaired) electrons. The van der Waals surface area contributed by atoms with Crippen LogP contribution in [-0.2, 0) is 18.3 Å². The van der Waals surface area contributed by atoms with Crippen LogP contribution in [0.3, 0.4) is 0 Å². The Bertz CT molecular complexity index is 1480. The third-order valence-corrected chi connectivity index (χ3v) is 19.2. The summed E-state index contributed by atoms with van der Waals surface area (Å²) in [7, 11) is -4.61. The maximum Gasteiger partial charge on any atom is 0.338 e. The van der Waals surface area contributed by atoms with Crippen molar-refractivity contribution in [3.05, 3.63) is 79.9 Å². The molecule has 50 heavy (non-hydrogen) atoms. The first kappa shape index (κ1) is 42.7. The first-order chi connectivity index (χ1) is 22.8. The predicted molar refractivity (Wildman–Crippen MR) is 198 cm³/mol. The third-order valence-electron chi connectivity index (χ3n) is 10.3. The van der Waals surface area contributed by atoms with E-state index in [-0.39, 0.29) is 51.0 Å². The number of non-ortho nitro benzene ring substituents is 2. The number of benzene rings is 2. The molecule has 12 nitrogen and oxygen atoms in total. The largest absolute Gasteiger partial charge is 0.462 e. The van der Waals surface area contributed by atoms with E-state index in [9.17, 15) is 29.8 Å². The third kappa shape index (κ3) is 11.3. The summed E-state index contributed by atoms with van der Waals surface area (Å²) in [4.78, 5) is 47.8. The van der Waals surface area contributed by atoms with Crippen molar-refractivity contribution in [3.8, 4) is 0 Å². The monoisotopic (exact) mass is 732 g/mol. The number of carbonyl (C=O) groups is 2. The lowest BCUT2D eigenvalue weighted by Crippen LogP contribution is -2.52. The Balaban J connectivity index is 2.49. The van der Waals surface area contributed by atoms with Gasteiger partial charge in [0.25, 0.3) is 11.4 Å². The van der Waals surface area contributed by atoms with Crippen LogP contribution < -0.4 is 0 Å². The molecule has 0 saturated heterocycles. The Labute approximate surface area is 298 Å². The van der Waals surface area contributed by atoms with Gasteiger partial charge in [-0.1, -0.05) is 62.3 Å². The summed E-state index contributed by atoms with van der Waals surface area (Å²) in [5, 5.41) is 22.1. The molecule has 0 amide bonds. The van der Waals surface area contributed by atoms with Crippen molar-refractivity contribution in [3.63, 3.8) is 0 Å². The zero-order valence-corrected chi connectivity index (χ0v) is 33.9. The normalized spacial score (nSPS) is 15.7. The van der Waals surface area contributed by atoms with Crippen LogP contribution in [0.1, 0.15) is 83.0 Å². The van der Waals surface area contributed by atoms with Gasteiger partial charge >= 0.3 is 11.9 Å². The molecule has 14 heteroatoms. The van der Waals surface area contributed by atoms with Gasteiger partial charge in [0.15, 0.2) is 16.6 Å². The lowest BCUT2D eigenvalue weighted by atomic mass is 9.84. The molecule has 0 aromatic heterocycles. The smallest absolute Gasteiger partial charge is 0.338 e. The zero-order chi connectivity index (χ0) is 38.4. The topological polar surface area (TPSA) is 157 Å². The van der Waals surface area contributed by atoms with Gasteiger partial charge in [0.2, 0.25) is 0 Å². The Kier molecular flexibility index (Phi) is 14.3. The van der Waals surface area contributed by atoms with E-state index >= 15 is 0 Å². The second-order valence-electron chi connectivity index (χ2n) is 16.3. The number of esters is 2. The molecule has 2 aromatic carbocycles. The van der Waals surface area contributed by atoms with Gasteiger partial charge in [0.1, 0.15) is 6.10 Å². The molecule has 0 heterocycles. The van der Waals surface area contributed by atoms with Crippen LogP contribution in [0, 0.1) is 38.0 Å². The van der Waals surface area contributed by atoms with Crippen molar-refractivity contribution in [1.29, 1.82) is 0 Å². The first-order valence-corrected chi connectivity index (χ1v) is 22.8. The average molecular weight is 733 g/mol. The summed E-state index contributed by atoms with van der Waals surface area (Å²) in [6, 6.07) is 10.5. The molecule has 2 rings (SSSR count). The zero-order valence-electron chi connectivity index (χ0n) is 31.9. The number of hydrogen-bond donors (Lipinski definition) is 0. The SMILES string of the molecule is C[C@H]([C@@H](OC(=O)c1ccc([N+](=O)[O-])cc1)[C@@H](C)CO[Si](C)(C)C(C)(C)C)[C@H](O[Si](C)(C)C(C)(C)C)[C@@H](C)COC(=O)c1ccc([N+](=O)[O-])cc1. The summed E-state index contributed by atoms with van der Waals surface area (Å²) in [5.41, 5.74) is 0.0939. The fourth-order valence-corrected chi connectivity index (χ4v) is 7.45. The van der Waals surface area contributed by atoms with E-state index in [1.54, 1.807) is 0 Å². The molecule has 0 N–H and O–H groups in total. The van der Waals surface area contributed by atoms with Crippen LogP contribution in [0.2, 0.25) is 36.3 Å². The molecule has 2 aromatic rings. The van der Waals surface area contributed by atoms with Crippen LogP contribution in [0.5, 0.6) is 0 Å². The van der Waals surface area contributed by atoms with Gasteiger partial charge in [0, 0.05) is 48.6 Å². The number of carbonyl (C=O) groups excluding carboxylic acids is 2. The highest BCUT2D eigenvalue weighted by molar-refractivity contribution is 6.74. The summed E-state index contributed by atoms with van der Waals surface area (Å²) in [6.07, 6.45) is -1.23.